The Morgan fingerprint density at radius 3 is 2.71 bits per heavy atom. The Balaban J connectivity index is 1.87. The molecule has 0 atom stereocenters. The quantitative estimate of drug-likeness (QED) is 0.923. The van der Waals surface area contributed by atoms with Crippen LogP contribution in [0, 0.1) is 6.92 Å². The van der Waals surface area contributed by atoms with Crippen molar-refractivity contribution in [1.29, 1.82) is 0 Å². The monoisotopic (exact) mass is 270 g/mol. The number of aromatic nitrogens is 1. The summed E-state index contributed by atoms with van der Waals surface area (Å²) in [6.07, 6.45) is 1.70. The molecule has 90 valence electrons. The zero-order valence-electron chi connectivity index (χ0n) is 9.34. The van der Waals surface area contributed by atoms with E-state index in [4.69, 9.17) is 27.6 Å². The van der Waals surface area contributed by atoms with Crippen LogP contribution in [0.5, 0.6) is 0 Å². The molecule has 0 aliphatic heterocycles. The van der Waals surface area contributed by atoms with Crippen LogP contribution in [-0.4, -0.2) is 4.98 Å². The number of rotatable bonds is 4. The van der Waals surface area contributed by atoms with Crippen LogP contribution in [0.25, 0.3) is 0 Å². The standard InChI is InChI=1S/C12H12Cl2N2O/c1-8-5-16-12(17-8)7-15-6-9-2-3-10(13)11(14)4-9/h2-5,15H,6-7H2,1H3. The summed E-state index contributed by atoms with van der Waals surface area (Å²) >= 11 is 11.8. The lowest BCUT2D eigenvalue weighted by molar-refractivity contribution is 0.449. The second-order valence-electron chi connectivity index (χ2n) is 3.72. The lowest BCUT2D eigenvalue weighted by atomic mass is 10.2. The van der Waals surface area contributed by atoms with E-state index in [2.05, 4.69) is 10.3 Å². The first-order chi connectivity index (χ1) is 8.15. The second-order valence-corrected chi connectivity index (χ2v) is 4.53. The highest BCUT2D eigenvalue weighted by Crippen LogP contribution is 2.22. The van der Waals surface area contributed by atoms with Crippen molar-refractivity contribution in [2.75, 3.05) is 0 Å². The van der Waals surface area contributed by atoms with Gasteiger partial charge in [0.2, 0.25) is 5.89 Å². The van der Waals surface area contributed by atoms with Gasteiger partial charge in [-0.3, -0.25) is 0 Å². The molecule has 0 bridgehead atoms. The van der Waals surface area contributed by atoms with Crippen molar-refractivity contribution in [1.82, 2.24) is 10.3 Å². The molecular weight excluding hydrogens is 259 g/mol. The van der Waals surface area contributed by atoms with Crippen LogP contribution in [0.4, 0.5) is 0 Å². The molecule has 2 aromatic rings. The molecule has 5 heteroatoms. The van der Waals surface area contributed by atoms with Crippen molar-refractivity contribution in [3.8, 4) is 0 Å². The number of hydrogen-bond donors (Lipinski definition) is 1. The van der Waals surface area contributed by atoms with Crippen LogP contribution in [0.2, 0.25) is 10.0 Å². The van der Waals surface area contributed by atoms with E-state index in [9.17, 15) is 0 Å². The minimum absolute atomic E-state index is 0.568. The molecule has 0 unspecified atom stereocenters. The van der Waals surface area contributed by atoms with E-state index in [1.807, 2.05) is 19.1 Å². The molecule has 0 saturated heterocycles. The van der Waals surface area contributed by atoms with Crippen LogP contribution in [0.15, 0.2) is 28.8 Å². The predicted molar refractivity (Wildman–Crippen MR) is 68.2 cm³/mol. The molecular formula is C12H12Cl2N2O. The van der Waals surface area contributed by atoms with Crippen LogP contribution in [0.1, 0.15) is 17.2 Å². The Morgan fingerprint density at radius 2 is 2.06 bits per heavy atom. The molecule has 0 spiro atoms. The topological polar surface area (TPSA) is 38.1 Å². The number of hydrogen-bond acceptors (Lipinski definition) is 3. The Kier molecular flexibility index (Phi) is 4.05. The number of aryl methyl sites for hydroxylation is 1. The third kappa shape index (κ3) is 3.46. The van der Waals surface area contributed by atoms with E-state index in [1.165, 1.54) is 0 Å². The molecule has 0 radical (unpaired) electrons. The van der Waals surface area contributed by atoms with Crippen molar-refractivity contribution < 1.29 is 4.42 Å². The second kappa shape index (κ2) is 5.54. The number of nitrogens with zero attached hydrogens (tertiary/aromatic N) is 1. The van der Waals surface area contributed by atoms with Crippen molar-refractivity contribution in [2.24, 2.45) is 0 Å². The van der Waals surface area contributed by atoms with Gasteiger partial charge >= 0.3 is 0 Å². The number of oxazole rings is 1. The van der Waals surface area contributed by atoms with Gasteiger partial charge in [-0.25, -0.2) is 4.98 Å². The summed E-state index contributed by atoms with van der Waals surface area (Å²) in [7, 11) is 0. The zero-order chi connectivity index (χ0) is 12.3. The van der Waals surface area contributed by atoms with Gasteiger partial charge in [0.25, 0.3) is 0 Å². The molecule has 1 N–H and O–H groups in total. The fraction of sp³-hybridized carbons (Fsp3) is 0.250. The first-order valence-corrected chi connectivity index (χ1v) is 5.96. The fourth-order valence-electron chi connectivity index (χ4n) is 1.45. The SMILES string of the molecule is Cc1cnc(CNCc2ccc(Cl)c(Cl)c2)o1. The van der Waals surface area contributed by atoms with Crippen molar-refractivity contribution >= 4 is 23.2 Å². The minimum Gasteiger partial charge on any atom is -0.445 e. The average Bonchev–Trinajstić information content (AvgIpc) is 2.70. The third-order valence-corrected chi connectivity index (χ3v) is 3.00. The van der Waals surface area contributed by atoms with Gasteiger partial charge in [-0.15, -0.1) is 0 Å². The Morgan fingerprint density at radius 1 is 1.24 bits per heavy atom. The minimum atomic E-state index is 0.568. The van der Waals surface area contributed by atoms with Gasteiger partial charge in [0.1, 0.15) is 5.76 Å². The maximum absolute atomic E-state index is 5.92. The Labute approximate surface area is 110 Å². The first kappa shape index (κ1) is 12.4. The van der Waals surface area contributed by atoms with Gasteiger partial charge in [0.05, 0.1) is 22.8 Å². The molecule has 1 aromatic carbocycles. The van der Waals surface area contributed by atoms with Crippen molar-refractivity contribution in [3.63, 3.8) is 0 Å². The first-order valence-electron chi connectivity index (χ1n) is 5.21. The molecule has 0 fully saturated rings. The maximum atomic E-state index is 5.92. The van der Waals surface area contributed by atoms with Crippen molar-refractivity contribution in [3.05, 3.63) is 51.7 Å². The average molecular weight is 271 g/mol. The number of halogens is 2. The van der Waals surface area contributed by atoms with Crippen molar-refractivity contribution in [2.45, 2.75) is 20.0 Å². The molecule has 1 heterocycles. The molecule has 3 nitrogen and oxygen atoms in total. The lowest BCUT2D eigenvalue weighted by Crippen LogP contribution is -2.12. The number of nitrogens with one attached hydrogen (secondary N) is 1. The highest BCUT2D eigenvalue weighted by atomic mass is 35.5. The molecule has 0 amide bonds. The molecule has 0 aliphatic carbocycles. The maximum Gasteiger partial charge on any atom is 0.208 e. The third-order valence-electron chi connectivity index (χ3n) is 2.26. The predicted octanol–water partition coefficient (Wildman–Crippen LogP) is 3.58. The van der Waals surface area contributed by atoms with E-state index in [0.717, 1.165) is 11.3 Å². The normalized spacial score (nSPS) is 10.8. The summed E-state index contributed by atoms with van der Waals surface area (Å²) in [4.78, 5) is 4.10. The summed E-state index contributed by atoms with van der Waals surface area (Å²) in [6.45, 7) is 3.15. The molecule has 0 aliphatic rings. The van der Waals surface area contributed by atoms with E-state index in [-0.39, 0.29) is 0 Å². The van der Waals surface area contributed by atoms with Gasteiger partial charge in [-0.1, -0.05) is 29.3 Å². The molecule has 17 heavy (non-hydrogen) atoms. The van der Waals surface area contributed by atoms with Gasteiger partial charge in [-0.2, -0.15) is 0 Å². The summed E-state index contributed by atoms with van der Waals surface area (Å²) < 4.78 is 5.34. The molecule has 0 saturated carbocycles. The van der Waals surface area contributed by atoms with Crippen LogP contribution in [-0.2, 0) is 13.1 Å². The fourth-order valence-corrected chi connectivity index (χ4v) is 1.77. The van der Waals surface area contributed by atoms with E-state index < -0.39 is 0 Å². The molecule has 2 rings (SSSR count). The summed E-state index contributed by atoms with van der Waals surface area (Å²) in [5, 5.41) is 4.36. The summed E-state index contributed by atoms with van der Waals surface area (Å²) in [6, 6.07) is 5.57. The summed E-state index contributed by atoms with van der Waals surface area (Å²) in [5.74, 6) is 1.50. The Hall–Kier alpha value is -1.03. The van der Waals surface area contributed by atoms with Crippen LogP contribution in [0.3, 0.4) is 0 Å². The summed E-state index contributed by atoms with van der Waals surface area (Å²) in [5.41, 5.74) is 1.07. The highest BCUT2D eigenvalue weighted by molar-refractivity contribution is 6.42. The number of benzene rings is 1. The molecule has 1 aromatic heterocycles. The van der Waals surface area contributed by atoms with E-state index in [1.54, 1.807) is 12.3 Å². The van der Waals surface area contributed by atoms with E-state index >= 15 is 0 Å². The van der Waals surface area contributed by atoms with Gasteiger partial charge < -0.3 is 9.73 Å². The largest absolute Gasteiger partial charge is 0.445 e. The van der Waals surface area contributed by atoms with Crippen LogP contribution < -0.4 is 5.32 Å². The Bertz CT molecular complexity index is 511. The lowest BCUT2D eigenvalue weighted by Gasteiger charge is -2.04. The van der Waals surface area contributed by atoms with Gasteiger partial charge in [0.15, 0.2) is 0 Å². The van der Waals surface area contributed by atoms with Gasteiger partial charge in [0, 0.05) is 6.54 Å². The highest BCUT2D eigenvalue weighted by Gasteiger charge is 2.02. The van der Waals surface area contributed by atoms with Gasteiger partial charge in [-0.05, 0) is 24.6 Å². The van der Waals surface area contributed by atoms with E-state index in [0.29, 0.717) is 29.0 Å². The smallest absolute Gasteiger partial charge is 0.208 e. The van der Waals surface area contributed by atoms with Crippen LogP contribution >= 0.6 is 23.2 Å². The zero-order valence-corrected chi connectivity index (χ0v) is 10.8.